The maximum atomic E-state index is 12.9. The topological polar surface area (TPSA) is 99.8 Å². The second kappa shape index (κ2) is 7.65. The Labute approximate surface area is 165 Å². The van der Waals surface area contributed by atoms with E-state index < -0.39 is 16.1 Å². The van der Waals surface area contributed by atoms with Crippen molar-refractivity contribution in [2.45, 2.75) is 19.3 Å². The molecule has 0 bridgehead atoms. The predicted molar refractivity (Wildman–Crippen MR) is 108 cm³/mol. The summed E-state index contributed by atoms with van der Waals surface area (Å²) in [6.45, 7) is 3.31. The second-order valence-electron chi connectivity index (χ2n) is 7.26. The van der Waals surface area contributed by atoms with Crippen molar-refractivity contribution in [2.24, 2.45) is 5.73 Å². The number of benzene rings is 1. The van der Waals surface area contributed by atoms with Crippen molar-refractivity contribution < 1.29 is 13.2 Å². The normalized spacial score (nSPS) is 19.8. The lowest BCUT2D eigenvalue weighted by Gasteiger charge is -2.26. The first-order valence-electron chi connectivity index (χ1n) is 9.66. The molecule has 1 aromatic carbocycles. The molecule has 2 aliphatic heterocycles. The van der Waals surface area contributed by atoms with Gasteiger partial charge in [0.15, 0.2) is 0 Å². The Balaban J connectivity index is 1.58. The number of anilines is 1. The van der Waals surface area contributed by atoms with Gasteiger partial charge in [-0.25, -0.2) is 4.98 Å². The SMILES string of the molecule is NC(=O)c1cc(N2CCCN(S(=O)(=O)N3CCCC3)CC2)nc2ccccc12. The fourth-order valence-corrected chi connectivity index (χ4v) is 5.68. The van der Waals surface area contributed by atoms with E-state index in [4.69, 9.17) is 5.73 Å². The molecule has 0 atom stereocenters. The lowest BCUT2D eigenvalue weighted by atomic mass is 10.1. The zero-order chi connectivity index (χ0) is 19.7. The highest BCUT2D eigenvalue weighted by Crippen LogP contribution is 2.25. The third-order valence-electron chi connectivity index (χ3n) is 5.46. The lowest BCUT2D eigenvalue weighted by molar-refractivity contribution is 0.100. The predicted octanol–water partition coefficient (Wildman–Crippen LogP) is 1.19. The van der Waals surface area contributed by atoms with Gasteiger partial charge in [0.1, 0.15) is 5.82 Å². The number of pyridine rings is 1. The molecule has 2 aliphatic rings. The number of rotatable bonds is 4. The van der Waals surface area contributed by atoms with Crippen LogP contribution in [0.2, 0.25) is 0 Å². The molecule has 2 fully saturated rings. The monoisotopic (exact) mass is 403 g/mol. The lowest BCUT2D eigenvalue weighted by Crippen LogP contribution is -2.44. The standard InChI is InChI=1S/C19H25N5O3S/c20-19(25)16-14-18(21-17-7-2-1-6-15(16)17)22-8-5-11-24(13-12-22)28(26,27)23-9-3-4-10-23/h1-2,6-7,14H,3-5,8-13H2,(H2,20,25). The third-order valence-corrected chi connectivity index (χ3v) is 7.50. The van der Waals surface area contributed by atoms with Gasteiger partial charge in [0.05, 0.1) is 11.1 Å². The fourth-order valence-electron chi connectivity index (χ4n) is 3.96. The van der Waals surface area contributed by atoms with Gasteiger partial charge in [-0.3, -0.25) is 4.79 Å². The summed E-state index contributed by atoms with van der Waals surface area (Å²) in [4.78, 5) is 18.7. The van der Waals surface area contributed by atoms with E-state index in [1.807, 2.05) is 29.2 Å². The minimum atomic E-state index is -3.40. The molecule has 0 unspecified atom stereocenters. The van der Waals surface area contributed by atoms with E-state index in [1.54, 1.807) is 14.7 Å². The number of nitrogens with two attached hydrogens (primary N) is 1. The zero-order valence-electron chi connectivity index (χ0n) is 15.7. The van der Waals surface area contributed by atoms with Crippen LogP contribution >= 0.6 is 0 Å². The van der Waals surface area contributed by atoms with E-state index in [-0.39, 0.29) is 0 Å². The van der Waals surface area contributed by atoms with Gasteiger partial charge in [-0.05, 0) is 31.4 Å². The van der Waals surface area contributed by atoms with Crippen LogP contribution in [0.1, 0.15) is 29.6 Å². The molecular formula is C19H25N5O3S. The van der Waals surface area contributed by atoms with Gasteiger partial charge in [0.25, 0.3) is 10.2 Å². The number of fused-ring (bicyclic) bond motifs is 1. The second-order valence-corrected chi connectivity index (χ2v) is 9.19. The number of aromatic nitrogens is 1. The van der Waals surface area contributed by atoms with Crippen molar-refractivity contribution in [3.8, 4) is 0 Å². The van der Waals surface area contributed by atoms with Crippen LogP contribution in [0, 0.1) is 0 Å². The van der Waals surface area contributed by atoms with Crippen LogP contribution in [0.3, 0.4) is 0 Å². The molecule has 150 valence electrons. The Morgan fingerprint density at radius 3 is 2.36 bits per heavy atom. The van der Waals surface area contributed by atoms with Gasteiger partial charge in [0, 0.05) is 44.7 Å². The smallest absolute Gasteiger partial charge is 0.282 e. The Hall–Kier alpha value is -2.23. The Bertz CT molecular complexity index is 988. The highest BCUT2D eigenvalue weighted by molar-refractivity contribution is 7.86. The summed E-state index contributed by atoms with van der Waals surface area (Å²) in [5.41, 5.74) is 6.72. The highest BCUT2D eigenvalue weighted by atomic mass is 32.2. The number of hydrogen-bond donors (Lipinski definition) is 1. The van der Waals surface area contributed by atoms with Crippen molar-refractivity contribution in [1.82, 2.24) is 13.6 Å². The molecule has 2 N–H and O–H groups in total. The van der Waals surface area contributed by atoms with E-state index in [0.29, 0.717) is 62.6 Å². The van der Waals surface area contributed by atoms with Crippen LogP contribution in [0.25, 0.3) is 10.9 Å². The largest absolute Gasteiger partial charge is 0.366 e. The van der Waals surface area contributed by atoms with Gasteiger partial charge in [-0.2, -0.15) is 17.0 Å². The molecule has 3 heterocycles. The summed E-state index contributed by atoms with van der Waals surface area (Å²) >= 11 is 0. The summed E-state index contributed by atoms with van der Waals surface area (Å²) < 4.78 is 28.9. The summed E-state index contributed by atoms with van der Waals surface area (Å²) in [6.07, 6.45) is 2.56. The van der Waals surface area contributed by atoms with Crippen LogP contribution in [0.15, 0.2) is 30.3 Å². The average Bonchev–Trinajstić information content (AvgIpc) is 3.12. The molecule has 1 aromatic heterocycles. The van der Waals surface area contributed by atoms with Crippen LogP contribution in [0.5, 0.6) is 0 Å². The number of amides is 1. The molecule has 1 amide bonds. The summed E-state index contributed by atoms with van der Waals surface area (Å²) in [7, 11) is -3.40. The van der Waals surface area contributed by atoms with Crippen molar-refractivity contribution in [3.05, 3.63) is 35.9 Å². The Morgan fingerprint density at radius 1 is 0.929 bits per heavy atom. The number of carbonyl (C=O) groups excluding carboxylic acids is 1. The first-order chi connectivity index (χ1) is 13.5. The summed E-state index contributed by atoms with van der Waals surface area (Å²) in [5, 5.41) is 0.729. The van der Waals surface area contributed by atoms with Crippen molar-refractivity contribution in [2.75, 3.05) is 44.2 Å². The molecule has 4 rings (SSSR count). The van der Waals surface area contributed by atoms with Gasteiger partial charge in [-0.15, -0.1) is 0 Å². The molecular weight excluding hydrogens is 378 g/mol. The zero-order valence-corrected chi connectivity index (χ0v) is 16.6. The van der Waals surface area contributed by atoms with Gasteiger partial charge < -0.3 is 10.6 Å². The fraction of sp³-hybridized carbons (Fsp3) is 0.474. The maximum absolute atomic E-state index is 12.9. The number of carbonyl (C=O) groups is 1. The van der Waals surface area contributed by atoms with E-state index in [9.17, 15) is 13.2 Å². The Morgan fingerprint density at radius 2 is 1.61 bits per heavy atom. The molecule has 0 spiro atoms. The molecule has 2 aromatic rings. The quantitative estimate of drug-likeness (QED) is 0.826. The number of nitrogens with zero attached hydrogens (tertiary/aromatic N) is 4. The van der Waals surface area contributed by atoms with Gasteiger partial charge in [0.2, 0.25) is 5.91 Å². The number of hydrogen-bond acceptors (Lipinski definition) is 5. The van der Waals surface area contributed by atoms with Crippen molar-refractivity contribution >= 4 is 32.8 Å². The van der Waals surface area contributed by atoms with Crippen LogP contribution < -0.4 is 10.6 Å². The minimum Gasteiger partial charge on any atom is -0.366 e. The summed E-state index contributed by atoms with van der Waals surface area (Å²) in [5.74, 6) is 0.167. The molecule has 9 heteroatoms. The first-order valence-corrected chi connectivity index (χ1v) is 11.1. The minimum absolute atomic E-state index is 0.402. The Kier molecular flexibility index (Phi) is 5.22. The van der Waals surface area contributed by atoms with Gasteiger partial charge in [-0.1, -0.05) is 18.2 Å². The molecule has 0 saturated carbocycles. The molecule has 0 aliphatic carbocycles. The van der Waals surface area contributed by atoms with Crippen molar-refractivity contribution in [3.63, 3.8) is 0 Å². The molecule has 2 saturated heterocycles. The molecule has 28 heavy (non-hydrogen) atoms. The number of primary amides is 1. The average molecular weight is 404 g/mol. The molecule has 0 radical (unpaired) electrons. The summed E-state index contributed by atoms with van der Waals surface area (Å²) in [6, 6.07) is 9.13. The van der Waals surface area contributed by atoms with E-state index in [2.05, 4.69) is 4.98 Å². The van der Waals surface area contributed by atoms with E-state index in [0.717, 1.165) is 18.2 Å². The van der Waals surface area contributed by atoms with Crippen LogP contribution in [-0.2, 0) is 10.2 Å². The third kappa shape index (κ3) is 3.57. The highest BCUT2D eigenvalue weighted by Gasteiger charge is 2.33. The van der Waals surface area contributed by atoms with Crippen LogP contribution in [-0.4, -0.2) is 67.2 Å². The van der Waals surface area contributed by atoms with E-state index in [1.165, 1.54) is 0 Å². The van der Waals surface area contributed by atoms with Crippen molar-refractivity contribution in [1.29, 1.82) is 0 Å². The molecule has 8 nitrogen and oxygen atoms in total. The van der Waals surface area contributed by atoms with Crippen LogP contribution in [0.4, 0.5) is 5.82 Å². The van der Waals surface area contributed by atoms with E-state index >= 15 is 0 Å². The maximum Gasteiger partial charge on any atom is 0.282 e. The van der Waals surface area contributed by atoms with Gasteiger partial charge >= 0.3 is 0 Å². The number of para-hydroxylation sites is 1. The first kappa shape index (κ1) is 19.1.